The molecule has 0 radical (unpaired) electrons. The van der Waals surface area contributed by atoms with E-state index in [1.165, 1.54) is 38.4 Å². The van der Waals surface area contributed by atoms with Crippen LogP contribution in [0.4, 0.5) is 11.4 Å². The van der Waals surface area contributed by atoms with Gasteiger partial charge in [0.15, 0.2) is 0 Å². The number of nitrogens with zero attached hydrogens (tertiary/aromatic N) is 5. The van der Waals surface area contributed by atoms with E-state index in [0.717, 1.165) is 63.7 Å². The van der Waals surface area contributed by atoms with Crippen LogP contribution in [0.1, 0.15) is 58.1 Å². The van der Waals surface area contributed by atoms with Crippen LogP contribution in [0.3, 0.4) is 0 Å². The summed E-state index contributed by atoms with van der Waals surface area (Å²) in [6.45, 7) is 9.22. The zero-order valence-corrected chi connectivity index (χ0v) is 34.1. The summed E-state index contributed by atoms with van der Waals surface area (Å²) in [4.78, 5) is 1.81. The van der Waals surface area contributed by atoms with Gasteiger partial charge >= 0.3 is 323 Å². The number of allylic oxidation sites excluding steroid dienone is 7. The van der Waals surface area contributed by atoms with Crippen LogP contribution in [-0.2, 0) is 35.8 Å². The first-order chi connectivity index (χ1) is 25.5. The first-order valence-corrected chi connectivity index (χ1v) is 21.5. The van der Waals surface area contributed by atoms with Crippen molar-refractivity contribution >= 4 is 63.0 Å². The third kappa shape index (κ3) is 6.74. The van der Waals surface area contributed by atoms with E-state index in [1.807, 2.05) is 17.8 Å². The SMILES string of the molecule is CC=C1CCCC1=CC(C#Cc1c2c(c(/C=C/C)c3nn(CC(C)C)nc13)N=S=N2)=C([C]#[Os])[P+](c1ccccc1)(c1ccccc1)c1ccccc1. The summed E-state index contributed by atoms with van der Waals surface area (Å²) in [5.74, 6) is 7.85. The molecule has 259 valence electrons. The Morgan fingerprint density at radius 2 is 1.40 bits per heavy atom. The molecule has 0 saturated heterocycles. The Morgan fingerprint density at radius 3 is 1.96 bits per heavy atom. The second kappa shape index (κ2) is 16.0. The normalized spacial score (nSPS) is 15.9. The van der Waals surface area contributed by atoms with Crippen LogP contribution < -0.4 is 15.9 Å². The zero-order valence-electron chi connectivity index (χ0n) is 29.8. The number of rotatable bonds is 8. The van der Waals surface area contributed by atoms with Crippen LogP contribution in [0.15, 0.2) is 140 Å². The van der Waals surface area contributed by atoms with Gasteiger partial charge in [-0.25, -0.2) is 0 Å². The van der Waals surface area contributed by atoms with Gasteiger partial charge in [0.25, 0.3) is 0 Å². The van der Waals surface area contributed by atoms with Gasteiger partial charge in [0.1, 0.15) is 0 Å². The molecule has 1 aliphatic carbocycles. The van der Waals surface area contributed by atoms with Crippen molar-refractivity contribution in [2.75, 3.05) is 0 Å². The predicted molar refractivity (Wildman–Crippen MR) is 217 cm³/mol. The van der Waals surface area contributed by atoms with Crippen LogP contribution >= 0.6 is 7.26 Å². The molecule has 8 heteroatoms. The average Bonchev–Trinajstić information content (AvgIpc) is 3.94. The van der Waals surface area contributed by atoms with Crippen LogP contribution in [0.2, 0.25) is 0 Å². The molecule has 0 amide bonds. The molecule has 52 heavy (non-hydrogen) atoms. The molecule has 0 bridgehead atoms. The van der Waals surface area contributed by atoms with Crippen LogP contribution in [-0.4, -0.2) is 15.0 Å². The van der Waals surface area contributed by atoms with Gasteiger partial charge in [-0.05, 0) is 0 Å². The fraction of sp³-hybridized carbons (Fsp3) is 0.205. The van der Waals surface area contributed by atoms with Gasteiger partial charge in [-0.15, -0.1) is 0 Å². The standard InChI is InChI=1S/C44H40N5PS.Os/c1-6-18-39-41-42(46-49(45-41)30-31(3)4)40(44-43(39)47-51-48-44)28-27-34(29-35-20-17-19-33(35)7-2)32(5)50(36-21-11-8-12-22-36,37-23-13-9-14-24-37)38-25-15-10-16-26-38;/h6-16,18,21-26,29,31H,17,19-20,30H2,1-4H3;/q+1;/b18-6+,33-7?,34-32?,35-29?;. The molecule has 1 aliphatic heterocycles. The van der Waals surface area contributed by atoms with Crippen LogP contribution in [0.5, 0.6) is 0 Å². The summed E-state index contributed by atoms with van der Waals surface area (Å²) < 4.78 is 13.4. The second-order valence-electron chi connectivity index (χ2n) is 13.2. The predicted octanol–water partition coefficient (Wildman–Crippen LogP) is 10.0. The van der Waals surface area contributed by atoms with E-state index in [9.17, 15) is 0 Å². The van der Waals surface area contributed by atoms with Gasteiger partial charge in [-0.2, -0.15) is 0 Å². The summed E-state index contributed by atoms with van der Waals surface area (Å²) in [6.07, 6.45) is 11.9. The van der Waals surface area contributed by atoms with E-state index in [4.69, 9.17) is 18.9 Å². The van der Waals surface area contributed by atoms with Crippen LogP contribution in [0, 0.1) is 22.1 Å². The molecule has 0 N–H and O–H groups in total. The third-order valence-electron chi connectivity index (χ3n) is 9.39. The van der Waals surface area contributed by atoms with Crippen LogP contribution in [0.25, 0.3) is 17.1 Å². The Labute approximate surface area is 320 Å². The Hall–Kier alpha value is -4.53. The van der Waals surface area contributed by atoms with E-state index in [2.05, 4.69) is 146 Å². The Kier molecular flexibility index (Phi) is 11.0. The topological polar surface area (TPSA) is 55.4 Å². The summed E-state index contributed by atoms with van der Waals surface area (Å²) in [5.41, 5.74) is 8.52. The van der Waals surface area contributed by atoms with Crippen molar-refractivity contribution < 1.29 is 17.9 Å². The summed E-state index contributed by atoms with van der Waals surface area (Å²) in [6, 6.07) is 32.9. The molecular formula is C44H40N5OsPS+. The number of hydrogen-bond donors (Lipinski definition) is 0. The minimum absolute atomic E-state index is 0.386. The average molecular weight is 892 g/mol. The van der Waals surface area contributed by atoms with Gasteiger partial charge in [0, 0.05) is 0 Å². The first kappa shape index (κ1) is 35.9. The number of fused-ring (bicyclic) bond motifs is 2. The minimum atomic E-state index is -2.50. The molecule has 2 heterocycles. The van der Waals surface area contributed by atoms with Gasteiger partial charge in [0.2, 0.25) is 0 Å². The molecule has 4 aromatic carbocycles. The number of benzene rings is 4. The molecule has 1 fully saturated rings. The summed E-state index contributed by atoms with van der Waals surface area (Å²) in [7, 11) is -2.50. The fourth-order valence-corrected chi connectivity index (χ4v) is 13.4. The molecule has 0 atom stereocenters. The van der Waals surface area contributed by atoms with Crippen molar-refractivity contribution in [2.24, 2.45) is 14.6 Å². The van der Waals surface area contributed by atoms with E-state index < -0.39 is 7.26 Å². The van der Waals surface area contributed by atoms with Gasteiger partial charge < -0.3 is 0 Å². The van der Waals surface area contributed by atoms with E-state index in [1.54, 1.807) is 17.9 Å². The maximum atomic E-state index is 5.05. The molecule has 5 aromatic rings. The Balaban J connectivity index is 1.60. The molecule has 0 unspecified atom stereocenters. The summed E-state index contributed by atoms with van der Waals surface area (Å²) >= 11 is 2.99. The van der Waals surface area contributed by atoms with Crippen molar-refractivity contribution in [3.8, 4) is 16.2 Å². The van der Waals surface area contributed by atoms with Gasteiger partial charge in [-0.3, -0.25) is 0 Å². The first-order valence-electron chi connectivity index (χ1n) is 17.7. The van der Waals surface area contributed by atoms with E-state index in [-0.39, 0.29) is 0 Å². The summed E-state index contributed by atoms with van der Waals surface area (Å²) in [5, 5.41) is 14.9. The Bertz CT molecular complexity index is 2360. The monoisotopic (exact) mass is 893 g/mol. The molecule has 1 saturated carbocycles. The van der Waals surface area contributed by atoms with Crippen molar-refractivity contribution in [3.05, 3.63) is 142 Å². The van der Waals surface area contributed by atoms with Gasteiger partial charge in [0.05, 0.1) is 0 Å². The van der Waals surface area contributed by atoms with Crippen molar-refractivity contribution in [1.82, 2.24) is 15.0 Å². The number of hydrogen-bond acceptors (Lipinski definition) is 4. The van der Waals surface area contributed by atoms with Crippen molar-refractivity contribution in [1.29, 1.82) is 0 Å². The quantitative estimate of drug-likeness (QED) is 0.113. The number of aromatic nitrogens is 3. The molecule has 7 rings (SSSR count). The maximum absolute atomic E-state index is 5.05. The molecular weight excluding hydrogens is 852 g/mol. The second-order valence-corrected chi connectivity index (χ2v) is 17.7. The third-order valence-corrected chi connectivity index (χ3v) is 15.3. The van der Waals surface area contributed by atoms with E-state index in [0.29, 0.717) is 12.5 Å². The molecule has 5 nitrogen and oxygen atoms in total. The zero-order chi connectivity index (χ0) is 36.1. The molecule has 1 aromatic heterocycles. The van der Waals surface area contributed by atoms with Crippen molar-refractivity contribution in [2.45, 2.75) is 53.5 Å². The molecule has 2 aliphatic rings. The molecule has 0 spiro atoms. The van der Waals surface area contributed by atoms with Crippen molar-refractivity contribution in [3.63, 3.8) is 0 Å². The van der Waals surface area contributed by atoms with E-state index >= 15 is 0 Å². The van der Waals surface area contributed by atoms with Gasteiger partial charge in [-0.1, -0.05) is 0 Å². The Morgan fingerprint density at radius 1 is 0.827 bits per heavy atom. The fourth-order valence-electron chi connectivity index (χ4n) is 7.13.